The van der Waals surface area contributed by atoms with Crippen LogP contribution in [0.5, 0.6) is 0 Å². The van der Waals surface area contributed by atoms with E-state index in [0.717, 1.165) is 70.6 Å². The third-order valence-electron chi connectivity index (χ3n) is 9.66. The van der Waals surface area contributed by atoms with E-state index >= 15 is 0 Å². The minimum atomic E-state index is -0.785. The second-order valence-corrected chi connectivity index (χ2v) is 15.1. The van der Waals surface area contributed by atoms with Gasteiger partial charge in [-0.1, -0.05) is 216 Å². The maximum atomic E-state index is 12.7. The van der Waals surface area contributed by atoms with Gasteiger partial charge >= 0.3 is 17.9 Å². The van der Waals surface area contributed by atoms with Crippen LogP contribution in [0.2, 0.25) is 0 Å². The van der Waals surface area contributed by atoms with Crippen LogP contribution in [0.1, 0.15) is 213 Å². The Bertz CT molecular complexity index is 1020. The lowest BCUT2D eigenvalue weighted by Gasteiger charge is -2.18. The first-order chi connectivity index (χ1) is 27.0. The average Bonchev–Trinajstić information content (AvgIpc) is 3.18. The van der Waals surface area contributed by atoms with Crippen molar-refractivity contribution in [3.8, 4) is 0 Å². The van der Waals surface area contributed by atoms with Crippen LogP contribution in [0.25, 0.3) is 0 Å². The van der Waals surface area contributed by atoms with Gasteiger partial charge in [0.15, 0.2) is 6.10 Å². The van der Waals surface area contributed by atoms with Crippen LogP contribution in [0, 0.1) is 0 Å². The van der Waals surface area contributed by atoms with Gasteiger partial charge < -0.3 is 14.2 Å². The van der Waals surface area contributed by atoms with Crippen molar-refractivity contribution in [3.63, 3.8) is 0 Å². The van der Waals surface area contributed by atoms with E-state index in [0.29, 0.717) is 19.3 Å². The van der Waals surface area contributed by atoms with Gasteiger partial charge in [0.1, 0.15) is 13.2 Å². The van der Waals surface area contributed by atoms with Crippen LogP contribution in [0.4, 0.5) is 0 Å². The number of hydrogen-bond donors (Lipinski definition) is 0. The molecular formula is C49H84O6. The van der Waals surface area contributed by atoms with Gasteiger partial charge in [-0.15, -0.1) is 0 Å². The summed E-state index contributed by atoms with van der Waals surface area (Å²) in [6.07, 6.45) is 52.0. The molecule has 0 N–H and O–H groups in total. The van der Waals surface area contributed by atoms with Gasteiger partial charge in [-0.25, -0.2) is 0 Å². The third kappa shape index (κ3) is 42.1. The number of hydrogen-bond acceptors (Lipinski definition) is 6. The molecule has 0 aromatic carbocycles. The number of carbonyl (C=O) groups excluding carboxylic acids is 3. The van der Waals surface area contributed by atoms with Crippen molar-refractivity contribution in [1.29, 1.82) is 0 Å². The summed E-state index contributed by atoms with van der Waals surface area (Å²) in [5, 5.41) is 0. The smallest absolute Gasteiger partial charge is 0.306 e. The predicted octanol–water partition coefficient (Wildman–Crippen LogP) is 14.5. The fraction of sp³-hybridized carbons (Fsp3) is 0.735. The second-order valence-electron chi connectivity index (χ2n) is 15.1. The summed E-state index contributed by atoms with van der Waals surface area (Å²) in [5.74, 6) is -0.931. The van der Waals surface area contributed by atoms with Gasteiger partial charge in [-0.2, -0.15) is 0 Å². The minimum Gasteiger partial charge on any atom is -0.462 e. The molecule has 0 bridgehead atoms. The quantitative estimate of drug-likeness (QED) is 0.0267. The standard InChI is InChI=1S/C49H84O6/c1-4-7-10-13-16-19-22-24-25-26-28-30-33-36-39-42-48(51)54-45-46(44-53-47(50)41-38-35-32-29-21-18-15-12-9-6-3)55-49(52)43-40-37-34-31-27-23-20-17-14-11-8-5-2/h7,10,13,16,19,22,24-26,28,46H,4-6,8-9,11-12,14-15,17-18,20-21,23,27,29-45H2,1-3H3/b10-7-,16-13-,22-19-,25-24-,28-26-. The molecule has 0 heterocycles. The average molecular weight is 769 g/mol. The molecular weight excluding hydrogens is 685 g/mol. The molecule has 1 atom stereocenters. The third-order valence-corrected chi connectivity index (χ3v) is 9.66. The van der Waals surface area contributed by atoms with Crippen LogP contribution in [-0.4, -0.2) is 37.2 Å². The van der Waals surface area contributed by atoms with E-state index in [9.17, 15) is 14.4 Å². The lowest BCUT2D eigenvalue weighted by molar-refractivity contribution is -0.167. The van der Waals surface area contributed by atoms with Crippen molar-refractivity contribution in [2.75, 3.05) is 13.2 Å². The zero-order valence-corrected chi connectivity index (χ0v) is 35.9. The summed E-state index contributed by atoms with van der Waals surface area (Å²) in [5.41, 5.74) is 0. The topological polar surface area (TPSA) is 78.9 Å². The molecule has 55 heavy (non-hydrogen) atoms. The molecule has 6 heteroatoms. The first-order valence-electron chi connectivity index (χ1n) is 22.9. The first kappa shape index (κ1) is 52.1. The maximum Gasteiger partial charge on any atom is 0.306 e. The Balaban J connectivity index is 4.45. The number of allylic oxidation sites excluding steroid dienone is 10. The van der Waals surface area contributed by atoms with E-state index in [4.69, 9.17) is 14.2 Å². The van der Waals surface area contributed by atoms with Crippen molar-refractivity contribution in [1.82, 2.24) is 0 Å². The number of carbonyl (C=O) groups is 3. The zero-order valence-electron chi connectivity index (χ0n) is 35.9. The summed E-state index contributed by atoms with van der Waals surface area (Å²) < 4.78 is 16.7. The van der Waals surface area contributed by atoms with E-state index in [1.54, 1.807) is 0 Å². The molecule has 0 amide bonds. The summed E-state index contributed by atoms with van der Waals surface area (Å²) in [7, 11) is 0. The minimum absolute atomic E-state index is 0.0857. The first-order valence-corrected chi connectivity index (χ1v) is 22.9. The van der Waals surface area contributed by atoms with E-state index in [1.807, 2.05) is 48.6 Å². The van der Waals surface area contributed by atoms with Gasteiger partial charge in [-0.3, -0.25) is 14.4 Å². The normalized spacial score (nSPS) is 12.6. The summed E-state index contributed by atoms with van der Waals surface area (Å²) >= 11 is 0. The van der Waals surface area contributed by atoms with Crippen molar-refractivity contribution >= 4 is 17.9 Å². The lowest BCUT2D eigenvalue weighted by atomic mass is 10.0. The van der Waals surface area contributed by atoms with Crippen molar-refractivity contribution in [3.05, 3.63) is 60.8 Å². The fourth-order valence-corrected chi connectivity index (χ4v) is 6.23. The Kier molecular flexibility index (Phi) is 41.5. The fourth-order valence-electron chi connectivity index (χ4n) is 6.23. The van der Waals surface area contributed by atoms with Crippen LogP contribution >= 0.6 is 0 Å². The molecule has 6 nitrogen and oxygen atoms in total. The molecule has 0 aliphatic carbocycles. The number of ether oxygens (including phenoxy) is 3. The van der Waals surface area contributed by atoms with Gasteiger partial charge in [0, 0.05) is 19.3 Å². The summed E-state index contributed by atoms with van der Waals surface area (Å²) in [4.78, 5) is 37.7. The highest BCUT2D eigenvalue weighted by Crippen LogP contribution is 2.15. The Labute approximate surface area is 339 Å². The molecule has 0 aliphatic rings. The Morgan fingerprint density at radius 3 is 1.11 bits per heavy atom. The van der Waals surface area contributed by atoms with E-state index in [1.165, 1.54) is 103 Å². The Morgan fingerprint density at radius 2 is 0.709 bits per heavy atom. The van der Waals surface area contributed by atoms with Crippen LogP contribution < -0.4 is 0 Å². The largest absolute Gasteiger partial charge is 0.462 e. The van der Waals surface area contributed by atoms with Gasteiger partial charge in [0.25, 0.3) is 0 Å². The lowest BCUT2D eigenvalue weighted by Crippen LogP contribution is -2.30. The van der Waals surface area contributed by atoms with Gasteiger partial charge in [-0.05, 0) is 38.5 Å². The van der Waals surface area contributed by atoms with E-state index < -0.39 is 6.10 Å². The molecule has 0 aliphatic heterocycles. The molecule has 316 valence electrons. The Morgan fingerprint density at radius 1 is 0.382 bits per heavy atom. The van der Waals surface area contributed by atoms with Crippen molar-refractivity contribution < 1.29 is 28.6 Å². The highest BCUT2D eigenvalue weighted by Gasteiger charge is 2.19. The van der Waals surface area contributed by atoms with E-state index in [-0.39, 0.29) is 31.1 Å². The highest BCUT2D eigenvalue weighted by atomic mass is 16.6. The molecule has 0 radical (unpaired) electrons. The zero-order chi connectivity index (χ0) is 40.1. The summed E-state index contributed by atoms with van der Waals surface area (Å²) in [6.45, 7) is 6.43. The number of unbranched alkanes of at least 4 members (excludes halogenated alkanes) is 23. The molecule has 0 rings (SSSR count). The SMILES string of the molecule is CC\C=C/C=C\C=C/C=C\C=C/CCCCCC(=O)OCC(COC(=O)CCCCCCCCCCCC)OC(=O)CCCCCCCCCCCCCC. The molecule has 1 unspecified atom stereocenters. The highest BCUT2D eigenvalue weighted by molar-refractivity contribution is 5.71. The van der Waals surface area contributed by atoms with Crippen LogP contribution in [-0.2, 0) is 28.6 Å². The molecule has 0 fully saturated rings. The van der Waals surface area contributed by atoms with Gasteiger partial charge in [0.05, 0.1) is 0 Å². The molecule has 0 aromatic rings. The van der Waals surface area contributed by atoms with Crippen LogP contribution in [0.15, 0.2) is 60.8 Å². The van der Waals surface area contributed by atoms with Crippen LogP contribution in [0.3, 0.4) is 0 Å². The van der Waals surface area contributed by atoms with Gasteiger partial charge in [0.2, 0.25) is 0 Å². The second kappa shape index (κ2) is 43.8. The molecule has 0 saturated carbocycles. The number of esters is 3. The predicted molar refractivity (Wildman–Crippen MR) is 233 cm³/mol. The molecule has 0 aromatic heterocycles. The van der Waals surface area contributed by atoms with E-state index in [2.05, 4.69) is 32.9 Å². The van der Waals surface area contributed by atoms with Crippen molar-refractivity contribution in [2.45, 2.75) is 219 Å². The monoisotopic (exact) mass is 769 g/mol. The summed E-state index contributed by atoms with van der Waals surface area (Å²) in [6, 6.07) is 0. The van der Waals surface area contributed by atoms with Crippen molar-refractivity contribution in [2.24, 2.45) is 0 Å². The maximum absolute atomic E-state index is 12.7. The Hall–Kier alpha value is -2.89. The molecule has 0 saturated heterocycles. The molecule has 0 spiro atoms. The number of rotatable bonds is 40.